The van der Waals surface area contributed by atoms with E-state index in [9.17, 15) is 4.79 Å². The number of anilines is 1. The van der Waals surface area contributed by atoms with Crippen LogP contribution in [0.25, 0.3) is 0 Å². The summed E-state index contributed by atoms with van der Waals surface area (Å²) in [6.07, 6.45) is 2.60. The van der Waals surface area contributed by atoms with E-state index in [4.69, 9.17) is 10.5 Å². The average molecular weight is 248 g/mol. The number of nitrogen functional groups attached to an aromatic ring is 1. The normalized spacial score (nSPS) is 9.89. The van der Waals surface area contributed by atoms with Gasteiger partial charge in [-0.1, -0.05) is 13.0 Å². The molecule has 0 atom stereocenters. The lowest BCUT2D eigenvalue weighted by atomic mass is 10.1. The highest BCUT2D eigenvalue weighted by molar-refractivity contribution is 5.99. The largest absolute Gasteiger partial charge is 0.497 e. The summed E-state index contributed by atoms with van der Waals surface area (Å²) in [7, 11) is 1.56. The van der Waals surface area contributed by atoms with Gasteiger partial charge in [0.1, 0.15) is 5.75 Å². The van der Waals surface area contributed by atoms with Crippen molar-refractivity contribution in [1.82, 2.24) is 4.90 Å². The summed E-state index contributed by atoms with van der Waals surface area (Å²) < 4.78 is 5.11. The van der Waals surface area contributed by atoms with Crippen molar-refractivity contribution in [3.05, 3.63) is 36.4 Å². The molecule has 0 saturated heterocycles. The van der Waals surface area contributed by atoms with E-state index in [0.717, 1.165) is 6.42 Å². The number of hydrogen-bond acceptors (Lipinski definition) is 3. The summed E-state index contributed by atoms with van der Waals surface area (Å²) in [4.78, 5) is 14.1. The number of rotatable bonds is 6. The van der Waals surface area contributed by atoms with Crippen molar-refractivity contribution >= 4 is 11.6 Å². The number of nitrogens with zero attached hydrogens (tertiary/aromatic N) is 1. The standard InChI is InChI=1S/C14H20N2O2/c1-4-8-16(9-5-2)14(17)12-10-11(18-3)6-7-13(12)15/h4,6-7,10H,1,5,8-9,15H2,2-3H3. The molecule has 4 heteroatoms. The van der Waals surface area contributed by atoms with Gasteiger partial charge in [0.25, 0.3) is 5.91 Å². The molecule has 0 saturated carbocycles. The van der Waals surface area contributed by atoms with Crippen molar-refractivity contribution in [2.45, 2.75) is 13.3 Å². The van der Waals surface area contributed by atoms with Crippen molar-refractivity contribution in [1.29, 1.82) is 0 Å². The van der Waals surface area contributed by atoms with Gasteiger partial charge < -0.3 is 15.4 Å². The molecule has 0 unspecified atom stereocenters. The Bertz CT molecular complexity index is 430. The van der Waals surface area contributed by atoms with Crippen LogP contribution in [-0.4, -0.2) is 31.0 Å². The van der Waals surface area contributed by atoms with Gasteiger partial charge in [0, 0.05) is 18.8 Å². The van der Waals surface area contributed by atoms with Crippen molar-refractivity contribution in [2.75, 3.05) is 25.9 Å². The lowest BCUT2D eigenvalue weighted by molar-refractivity contribution is 0.0774. The predicted molar refractivity (Wildman–Crippen MR) is 73.8 cm³/mol. The molecule has 1 rings (SSSR count). The molecule has 0 spiro atoms. The first-order valence-electron chi connectivity index (χ1n) is 5.97. The first-order chi connectivity index (χ1) is 8.63. The Morgan fingerprint density at radius 3 is 2.83 bits per heavy atom. The Morgan fingerprint density at radius 2 is 2.28 bits per heavy atom. The fourth-order valence-electron chi connectivity index (χ4n) is 1.72. The molecule has 0 aromatic heterocycles. The lowest BCUT2D eigenvalue weighted by Crippen LogP contribution is -2.32. The molecule has 1 amide bonds. The molecule has 0 aliphatic heterocycles. The smallest absolute Gasteiger partial charge is 0.256 e. The Morgan fingerprint density at radius 1 is 1.56 bits per heavy atom. The lowest BCUT2D eigenvalue weighted by Gasteiger charge is -2.21. The predicted octanol–water partition coefficient (Wildman–Crippen LogP) is 2.32. The van der Waals surface area contributed by atoms with E-state index >= 15 is 0 Å². The molecular formula is C14H20N2O2. The molecule has 0 fully saturated rings. The number of hydrogen-bond donors (Lipinski definition) is 1. The number of carbonyl (C=O) groups excluding carboxylic acids is 1. The molecule has 1 aromatic rings. The van der Waals surface area contributed by atoms with Crippen molar-refractivity contribution < 1.29 is 9.53 Å². The van der Waals surface area contributed by atoms with Crippen LogP contribution >= 0.6 is 0 Å². The average Bonchev–Trinajstić information content (AvgIpc) is 2.38. The topological polar surface area (TPSA) is 55.6 Å². The molecule has 0 aliphatic carbocycles. The second-order valence-corrected chi connectivity index (χ2v) is 3.99. The molecule has 18 heavy (non-hydrogen) atoms. The van der Waals surface area contributed by atoms with Crippen molar-refractivity contribution in [3.63, 3.8) is 0 Å². The monoisotopic (exact) mass is 248 g/mol. The second kappa shape index (κ2) is 6.69. The van der Waals surface area contributed by atoms with Crippen LogP contribution in [0.4, 0.5) is 5.69 Å². The minimum atomic E-state index is -0.0897. The molecule has 4 nitrogen and oxygen atoms in total. The molecule has 0 bridgehead atoms. The molecule has 0 aliphatic rings. The maximum atomic E-state index is 12.4. The number of amides is 1. The van der Waals surface area contributed by atoms with Crippen molar-refractivity contribution in [2.24, 2.45) is 0 Å². The second-order valence-electron chi connectivity index (χ2n) is 3.99. The summed E-state index contributed by atoms with van der Waals surface area (Å²) in [6, 6.07) is 5.09. The number of benzene rings is 1. The van der Waals surface area contributed by atoms with Gasteiger partial charge in [-0.2, -0.15) is 0 Å². The van der Waals surface area contributed by atoms with E-state index in [1.165, 1.54) is 0 Å². The fourth-order valence-corrected chi connectivity index (χ4v) is 1.72. The summed E-state index contributed by atoms with van der Waals surface area (Å²) in [6.45, 7) is 6.89. The van der Waals surface area contributed by atoms with Crippen LogP contribution in [0.5, 0.6) is 5.75 Å². The van der Waals surface area contributed by atoms with Crippen LogP contribution in [-0.2, 0) is 0 Å². The van der Waals surface area contributed by atoms with Gasteiger partial charge in [0.2, 0.25) is 0 Å². The van der Waals surface area contributed by atoms with Crippen LogP contribution in [0.3, 0.4) is 0 Å². The minimum Gasteiger partial charge on any atom is -0.497 e. The number of ether oxygens (including phenoxy) is 1. The van der Waals surface area contributed by atoms with E-state index in [-0.39, 0.29) is 5.91 Å². The van der Waals surface area contributed by atoms with Crippen LogP contribution < -0.4 is 10.5 Å². The molecular weight excluding hydrogens is 228 g/mol. The zero-order valence-corrected chi connectivity index (χ0v) is 11.0. The third kappa shape index (κ3) is 3.26. The van der Waals surface area contributed by atoms with Crippen LogP contribution in [0.15, 0.2) is 30.9 Å². The van der Waals surface area contributed by atoms with E-state index in [0.29, 0.717) is 30.1 Å². The number of methoxy groups -OCH3 is 1. The maximum Gasteiger partial charge on any atom is 0.256 e. The van der Waals surface area contributed by atoms with Gasteiger partial charge in [-0.05, 0) is 24.6 Å². The minimum absolute atomic E-state index is 0.0897. The zero-order chi connectivity index (χ0) is 13.5. The van der Waals surface area contributed by atoms with Crippen molar-refractivity contribution in [3.8, 4) is 5.75 Å². The Labute approximate surface area is 108 Å². The van der Waals surface area contributed by atoms with E-state index in [1.807, 2.05) is 6.92 Å². The molecule has 98 valence electrons. The summed E-state index contributed by atoms with van der Waals surface area (Å²) in [5.74, 6) is 0.538. The summed E-state index contributed by atoms with van der Waals surface area (Å²) in [5.41, 5.74) is 6.79. The molecule has 2 N–H and O–H groups in total. The fraction of sp³-hybridized carbons (Fsp3) is 0.357. The first kappa shape index (κ1) is 14.1. The Balaban J connectivity index is 3.02. The third-order valence-corrected chi connectivity index (χ3v) is 2.62. The highest BCUT2D eigenvalue weighted by Crippen LogP contribution is 2.21. The van der Waals surface area contributed by atoms with Crippen LogP contribution in [0.1, 0.15) is 23.7 Å². The zero-order valence-electron chi connectivity index (χ0n) is 11.0. The van der Waals surface area contributed by atoms with Crippen LogP contribution in [0, 0.1) is 0 Å². The van der Waals surface area contributed by atoms with E-state index in [1.54, 1.807) is 36.3 Å². The number of carbonyl (C=O) groups is 1. The van der Waals surface area contributed by atoms with Gasteiger partial charge in [-0.25, -0.2) is 0 Å². The SMILES string of the molecule is C=CCN(CCC)C(=O)c1cc(OC)ccc1N. The van der Waals surface area contributed by atoms with Gasteiger partial charge in [-0.3, -0.25) is 4.79 Å². The quantitative estimate of drug-likeness (QED) is 0.621. The Kier molecular flexibility index (Phi) is 5.24. The van der Waals surface area contributed by atoms with Gasteiger partial charge in [-0.15, -0.1) is 6.58 Å². The van der Waals surface area contributed by atoms with E-state index in [2.05, 4.69) is 6.58 Å². The number of nitrogens with two attached hydrogens (primary N) is 1. The Hall–Kier alpha value is -1.97. The summed E-state index contributed by atoms with van der Waals surface area (Å²) >= 11 is 0. The molecule has 0 heterocycles. The third-order valence-electron chi connectivity index (χ3n) is 2.62. The maximum absolute atomic E-state index is 12.4. The first-order valence-corrected chi connectivity index (χ1v) is 5.97. The van der Waals surface area contributed by atoms with Gasteiger partial charge >= 0.3 is 0 Å². The summed E-state index contributed by atoms with van der Waals surface area (Å²) in [5, 5.41) is 0. The van der Waals surface area contributed by atoms with E-state index < -0.39 is 0 Å². The van der Waals surface area contributed by atoms with Gasteiger partial charge in [0.05, 0.1) is 12.7 Å². The highest BCUT2D eigenvalue weighted by atomic mass is 16.5. The van der Waals surface area contributed by atoms with Gasteiger partial charge in [0.15, 0.2) is 0 Å². The molecule has 0 radical (unpaired) electrons. The molecule has 1 aromatic carbocycles. The van der Waals surface area contributed by atoms with Crippen LogP contribution in [0.2, 0.25) is 0 Å². The highest BCUT2D eigenvalue weighted by Gasteiger charge is 2.17.